The fourth-order valence-corrected chi connectivity index (χ4v) is 3.35. The first-order valence-electron chi connectivity index (χ1n) is 6.65. The van der Waals surface area contributed by atoms with E-state index < -0.39 is 0 Å². The molecule has 1 aromatic heterocycles. The van der Waals surface area contributed by atoms with Crippen LogP contribution in [0.5, 0.6) is 0 Å². The second-order valence-corrected chi connectivity index (χ2v) is 5.76. The first-order valence-corrected chi connectivity index (χ1v) is 7.03. The molecule has 3 heterocycles. The molecule has 2 saturated heterocycles. The van der Waals surface area contributed by atoms with Gasteiger partial charge in [-0.05, 0) is 30.0 Å². The fourth-order valence-electron chi connectivity index (χ4n) is 3.25. The predicted octanol–water partition coefficient (Wildman–Crippen LogP) is 1.51. The topological polar surface area (TPSA) is 32.3 Å². The maximum atomic E-state index is 5.70. The molecule has 4 nitrogen and oxygen atoms in total. The molecule has 0 bridgehead atoms. The van der Waals surface area contributed by atoms with Gasteiger partial charge in [-0.1, -0.05) is 6.92 Å². The summed E-state index contributed by atoms with van der Waals surface area (Å²) in [6.07, 6.45) is 3.67. The summed E-state index contributed by atoms with van der Waals surface area (Å²) in [5.41, 5.74) is 1.16. The number of likely N-dealkylation sites (tertiary alicyclic amines) is 2. The van der Waals surface area contributed by atoms with Crippen molar-refractivity contribution in [3.05, 3.63) is 23.2 Å². The van der Waals surface area contributed by atoms with Crippen molar-refractivity contribution < 1.29 is 0 Å². The number of hydrogen-bond donors (Lipinski definition) is 0. The molecule has 1 aromatic rings. The Labute approximate surface area is 113 Å². The number of rotatable bonds is 3. The van der Waals surface area contributed by atoms with Gasteiger partial charge in [0.15, 0.2) is 0 Å². The first kappa shape index (κ1) is 12.3. The van der Waals surface area contributed by atoms with Crippen LogP contribution in [0.25, 0.3) is 0 Å². The molecule has 0 unspecified atom stereocenters. The van der Waals surface area contributed by atoms with Crippen LogP contribution in [0.2, 0.25) is 5.28 Å². The summed E-state index contributed by atoms with van der Waals surface area (Å²) in [7, 11) is 0. The standard InChI is InChI=1S/C13H19ClN4/c1-2-17-6-11-8-18(9-12(11)7-17)5-10-3-15-13(14)16-4-10/h3-4,11-12H,2,5-9H2,1H3/t11-,12+. The van der Waals surface area contributed by atoms with E-state index in [4.69, 9.17) is 11.6 Å². The summed E-state index contributed by atoms with van der Waals surface area (Å²) in [5, 5.41) is 0.329. The van der Waals surface area contributed by atoms with Crippen LogP contribution in [0.15, 0.2) is 12.4 Å². The number of nitrogens with zero attached hydrogens (tertiary/aromatic N) is 4. The van der Waals surface area contributed by atoms with Crippen LogP contribution in [0.3, 0.4) is 0 Å². The largest absolute Gasteiger partial charge is 0.303 e. The van der Waals surface area contributed by atoms with Crippen molar-refractivity contribution in [1.29, 1.82) is 0 Å². The lowest BCUT2D eigenvalue weighted by Gasteiger charge is -2.20. The third-order valence-corrected chi connectivity index (χ3v) is 4.36. The van der Waals surface area contributed by atoms with Crippen LogP contribution >= 0.6 is 11.6 Å². The summed E-state index contributed by atoms with van der Waals surface area (Å²) in [6, 6.07) is 0. The van der Waals surface area contributed by atoms with E-state index in [1.54, 1.807) is 0 Å². The van der Waals surface area contributed by atoms with Gasteiger partial charge >= 0.3 is 0 Å². The lowest BCUT2D eigenvalue weighted by molar-refractivity contribution is 0.256. The smallest absolute Gasteiger partial charge is 0.222 e. The van der Waals surface area contributed by atoms with Crippen LogP contribution in [-0.2, 0) is 6.54 Å². The molecule has 3 rings (SSSR count). The maximum Gasteiger partial charge on any atom is 0.222 e. The Kier molecular flexibility index (Phi) is 3.50. The van der Waals surface area contributed by atoms with Gasteiger partial charge in [-0.15, -0.1) is 0 Å². The van der Waals surface area contributed by atoms with Crippen molar-refractivity contribution in [2.75, 3.05) is 32.7 Å². The van der Waals surface area contributed by atoms with Crippen LogP contribution in [0.4, 0.5) is 0 Å². The van der Waals surface area contributed by atoms with Crippen molar-refractivity contribution in [3.63, 3.8) is 0 Å². The molecule has 5 heteroatoms. The highest BCUT2D eigenvalue weighted by Gasteiger charge is 2.39. The molecule has 0 spiro atoms. The van der Waals surface area contributed by atoms with E-state index in [1.165, 1.54) is 32.7 Å². The van der Waals surface area contributed by atoms with Crippen LogP contribution < -0.4 is 0 Å². The molecule has 0 amide bonds. The molecule has 0 radical (unpaired) electrons. The Bertz CT molecular complexity index is 394. The first-order chi connectivity index (χ1) is 8.74. The molecule has 2 atom stereocenters. The molecular weight excluding hydrogens is 248 g/mol. The molecule has 2 aliphatic rings. The van der Waals surface area contributed by atoms with Gasteiger partial charge in [-0.25, -0.2) is 9.97 Å². The van der Waals surface area contributed by atoms with E-state index >= 15 is 0 Å². The van der Waals surface area contributed by atoms with E-state index in [9.17, 15) is 0 Å². The van der Waals surface area contributed by atoms with E-state index in [0.29, 0.717) is 5.28 Å². The minimum atomic E-state index is 0.329. The highest BCUT2D eigenvalue weighted by molar-refractivity contribution is 6.28. The van der Waals surface area contributed by atoms with Gasteiger partial charge in [-0.3, -0.25) is 4.90 Å². The van der Waals surface area contributed by atoms with Crippen LogP contribution in [0, 0.1) is 11.8 Å². The average molecular weight is 267 g/mol. The van der Waals surface area contributed by atoms with E-state index in [0.717, 1.165) is 23.9 Å². The zero-order chi connectivity index (χ0) is 12.5. The quantitative estimate of drug-likeness (QED) is 0.777. The second-order valence-electron chi connectivity index (χ2n) is 5.43. The second kappa shape index (κ2) is 5.11. The molecule has 2 aliphatic heterocycles. The average Bonchev–Trinajstić information content (AvgIpc) is 2.89. The summed E-state index contributed by atoms with van der Waals surface area (Å²) in [5.74, 6) is 1.72. The molecule has 0 saturated carbocycles. The summed E-state index contributed by atoms with van der Waals surface area (Å²) in [4.78, 5) is 13.2. The van der Waals surface area contributed by atoms with Gasteiger partial charge in [0.1, 0.15) is 0 Å². The van der Waals surface area contributed by atoms with Crippen molar-refractivity contribution in [3.8, 4) is 0 Å². The molecule has 0 N–H and O–H groups in total. The lowest BCUT2D eigenvalue weighted by atomic mass is 10.0. The number of hydrogen-bond acceptors (Lipinski definition) is 4. The van der Waals surface area contributed by atoms with Crippen LogP contribution in [-0.4, -0.2) is 52.5 Å². The zero-order valence-corrected chi connectivity index (χ0v) is 11.5. The van der Waals surface area contributed by atoms with Crippen molar-refractivity contribution in [1.82, 2.24) is 19.8 Å². The van der Waals surface area contributed by atoms with E-state index in [1.807, 2.05) is 12.4 Å². The molecule has 18 heavy (non-hydrogen) atoms. The van der Waals surface area contributed by atoms with E-state index in [2.05, 4.69) is 26.7 Å². The summed E-state index contributed by atoms with van der Waals surface area (Å²) >= 11 is 5.70. The zero-order valence-electron chi connectivity index (χ0n) is 10.7. The Morgan fingerprint density at radius 3 is 2.22 bits per heavy atom. The van der Waals surface area contributed by atoms with Crippen molar-refractivity contribution >= 4 is 11.6 Å². The maximum absolute atomic E-state index is 5.70. The Morgan fingerprint density at radius 2 is 1.67 bits per heavy atom. The SMILES string of the molecule is CCN1C[C@@H]2CN(Cc3cnc(Cl)nc3)C[C@@H]2C1. The lowest BCUT2D eigenvalue weighted by Crippen LogP contribution is -2.28. The summed E-state index contributed by atoms with van der Waals surface area (Å²) < 4.78 is 0. The number of aromatic nitrogens is 2. The number of fused-ring (bicyclic) bond motifs is 1. The van der Waals surface area contributed by atoms with Crippen molar-refractivity contribution in [2.24, 2.45) is 11.8 Å². The predicted molar refractivity (Wildman–Crippen MR) is 71.4 cm³/mol. The van der Waals surface area contributed by atoms with Gasteiger partial charge in [0.2, 0.25) is 5.28 Å². The van der Waals surface area contributed by atoms with Crippen molar-refractivity contribution in [2.45, 2.75) is 13.5 Å². The van der Waals surface area contributed by atoms with Gasteiger partial charge in [0.05, 0.1) is 0 Å². The highest BCUT2D eigenvalue weighted by atomic mass is 35.5. The fraction of sp³-hybridized carbons (Fsp3) is 0.692. The normalized spacial score (nSPS) is 28.8. The third-order valence-electron chi connectivity index (χ3n) is 4.16. The number of halogens is 1. The van der Waals surface area contributed by atoms with Gasteiger partial charge in [0.25, 0.3) is 0 Å². The van der Waals surface area contributed by atoms with E-state index in [-0.39, 0.29) is 0 Å². The Balaban J connectivity index is 1.56. The monoisotopic (exact) mass is 266 g/mol. The summed E-state index contributed by atoms with van der Waals surface area (Å²) in [6.45, 7) is 9.37. The molecule has 0 aliphatic carbocycles. The minimum absolute atomic E-state index is 0.329. The van der Waals surface area contributed by atoms with Gasteiger partial charge < -0.3 is 4.90 Å². The molecule has 98 valence electrons. The molecule has 0 aromatic carbocycles. The van der Waals surface area contributed by atoms with Gasteiger partial charge in [-0.2, -0.15) is 0 Å². The minimum Gasteiger partial charge on any atom is -0.303 e. The third kappa shape index (κ3) is 2.51. The highest BCUT2D eigenvalue weighted by Crippen LogP contribution is 2.31. The Hall–Kier alpha value is -0.710. The Morgan fingerprint density at radius 1 is 1.11 bits per heavy atom. The molecule has 2 fully saturated rings. The van der Waals surface area contributed by atoms with Gasteiger partial charge in [0, 0.05) is 50.7 Å². The molecular formula is C13H19ClN4. The van der Waals surface area contributed by atoms with Crippen LogP contribution in [0.1, 0.15) is 12.5 Å².